The maximum absolute atomic E-state index is 5.76. The van der Waals surface area contributed by atoms with E-state index in [9.17, 15) is 0 Å². The largest absolute Gasteiger partial charge is 0.348 e. The van der Waals surface area contributed by atoms with Crippen LogP contribution < -0.4 is 0 Å². The van der Waals surface area contributed by atoms with Gasteiger partial charge in [0.15, 0.2) is 5.79 Å². The summed E-state index contributed by atoms with van der Waals surface area (Å²) in [5, 5.41) is 2.15. The van der Waals surface area contributed by atoms with Gasteiger partial charge in [-0.15, -0.1) is 11.3 Å². The van der Waals surface area contributed by atoms with Gasteiger partial charge in [0.05, 0.1) is 13.2 Å². The van der Waals surface area contributed by atoms with Gasteiger partial charge in [0.2, 0.25) is 0 Å². The van der Waals surface area contributed by atoms with Crippen LogP contribution in [0.5, 0.6) is 0 Å². The van der Waals surface area contributed by atoms with Crippen LogP contribution in [0, 0.1) is 0 Å². The Morgan fingerprint density at radius 2 is 1.94 bits per heavy atom. The lowest BCUT2D eigenvalue weighted by molar-refractivity contribution is -0.171. The Morgan fingerprint density at radius 1 is 1.24 bits per heavy atom. The molecule has 1 aromatic rings. The van der Waals surface area contributed by atoms with E-state index >= 15 is 0 Å². The van der Waals surface area contributed by atoms with E-state index in [-0.39, 0.29) is 5.79 Å². The maximum Gasteiger partial charge on any atom is 0.169 e. The molecule has 3 heteroatoms. The van der Waals surface area contributed by atoms with Gasteiger partial charge in [-0.25, -0.2) is 0 Å². The Morgan fingerprint density at radius 3 is 2.53 bits per heavy atom. The van der Waals surface area contributed by atoms with Gasteiger partial charge in [-0.2, -0.15) is 0 Å². The highest BCUT2D eigenvalue weighted by Crippen LogP contribution is 2.40. The second-order valence-corrected chi connectivity index (χ2v) is 5.76. The molecule has 0 radical (unpaired) electrons. The van der Waals surface area contributed by atoms with E-state index in [4.69, 9.17) is 9.47 Å². The van der Waals surface area contributed by atoms with Gasteiger partial charge in [-0.1, -0.05) is 11.6 Å². The van der Waals surface area contributed by atoms with E-state index in [1.807, 2.05) is 11.3 Å². The first-order valence-corrected chi connectivity index (χ1v) is 7.17. The number of hydrogen-bond donors (Lipinski definition) is 0. The Hall–Kier alpha value is -0.640. The lowest BCUT2D eigenvalue weighted by atomic mass is 9.87. The summed E-state index contributed by atoms with van der Waals surface area (Å²) in [6.45, 7) is 3.78. The van der Waals surface area contributed by atoms with Crippen molar-refractivity contribution in [1.82, 2.24) is 0 Å². The summed E-state index contributed by atoms with van der Waals surface area (Å²) in [6.07, 6.45) is 4.27. The third kappa shape index (κ3) is 2.19. The van der Waals surface area contributed by atoms with Gasteiger partial charge < -0.3 is 9.47 Å². The average Bonchev–Trinajstić information content (AvgIpc) is 3.01. The molecule has 17 heavy (non-hydrogen) atoms. The number of ether oxygens (including phenoxy) is 2. The van der Waals surface area contributed by atoms with E-state index in [1.54, 1.807) is 5.57 Å². The van der Waals surface area contributed by atoms with Crippen LogP contribution in [-0.4, -0.2) is 19.0 Å². The molecule has 2 heterocycles. The van der Waals surface area contributed by atoms with Gasteiger partial charge in [0.1, 0.15) is 0 Å². The minimum absolute atomic E-state index is 0.237. The molecule has 1 aliphatic carbocycles. The van der Waals surface area contributed by atoms with Crippen molar-refractivity contribution in [1.29, 1.82) is 0 Å². The second kappa shape index (κ2) is 4.56. The van der Waals surface area contributed by atoms with Crippen molar-refractivity contribution in [3.05, 3.63) is 28.0 Å². The third-order valence-electron chi connectivity index (χ3n) is 3.85. The Labute approximate surface area is 106 Å². The molecular formula is C14H18O2S. The predicted octanol–water partition coefficient (Wildman–Crippen LogP) is 3.84. The molecule has 1 aliphatic heterocycles. The quantitative estimate of drug-likeness (QED) is 0.754. The molecule has 1 aromatic heterocycles. The predicted molar refractivity (Wildman–Crippen MR) is 70.0 cm³/mol. The Kier molecular flexibility index (Phi) is 3.07. The van der Waals surface area contributed by atoms with E-state index in [2.05, 4.69) is 24.4 Å². The molecule has 3 rings (SSSR count). The average molecular weight is 250 g/mol. The molecule has 0 unspecified atom stereocenters. The smallest absolute Gasteiger partial charge is 0.169 e. The maximum atomic E-state index is 5.76. The molecule has 0 aromatic carbocycles. The molecule has 2 fully saturated rings. The van der Waals surface area contributed by atoms with Crippen LogP contribution >= 0.6 is 11.3 Å². The van der Waals surface area contributed by atoms with Crippen LogP contribution in [0.4, 0.5) is 0 Å². The van der Waals surface area contributed by atoms with Crippen LogP contribution in [-0.2, 0) is 9.47 Å². The monoisotopic (exact) mass is 250 g/mol. The Bertz CT molecular complexity index is 401. The summed E-state index contributed by atoms with van der Waals surface area (Å²) in [7, 11) is 0. The number of allylic oxidation sites excluding steroid dienone is 2. The summed E-state index contributed by atoms with van der Waals surface area (Å²) in [6, 6.07) is 4.33. The molecule has 2 nitrogen and oxygen atoms in total. The summed E-state index contributed by atoms with van der Waals surface area (Å²) in [5.74, 6) is -0.237. The van der Waals surface area contributed by atoms with E-state index < -0.39 is 0 Å². The van der Waals surface area contributed by atoms with Crippen LogP contribution in [0.25, 0.3) is 5.57 Å². The van der Waals surface area contributed by atoms with E-state index in [1.165, 1.54) is 10.5 Å². The van der Waals surface area contributed by atoms with Crippen molar-refractivity contribution in [2.45, 2.75) is 38.4 Å². The molecule has 1 saturated carbocycles. The van der Waals surface area contributed by atoms with Crippen LogP contribution in [0.2, 0.25) is 0 Å². The molecule has 1 spiro atoms. The van der Waals surface area contributed by atoms with Crippen LogP contribution in [0.1, 0.15) is 37.5 Å². The van der Waals surface area contributed by atoms with Gasteiger partial charge in [-0.3, -0.25) is 0 Å². The van der Waals surface area contributed by atoms with E-state index in [0.717, 1.165) is 38.9 Å². The molecule has 92 valence electrons. The second-order valence-electron chi connectivity index (χ2n) is 4.81. The lowest BCUT2D eigenvalue weighted by Gasteiger charge is -2.33. The topological polar surface area (TPSA) is 18.5 Å². The minimum Gasteiger partial charge on any atom is -0.348 e. The minimum atomic E-state index is -0.237. The summed E-state index contributed by atoms with van der Waals surface area (Å²) in [4.78, 5) is 1.41. The fourth-order valence-corrected chi connectivity index (χ4v) is 3.54. The molecule has 0 bridgehead atoms. The SMILES string of the molecule is CC(=C1CCC2(CC1)OCCO2)c1cccs1. The van der Waals surface area contributed by atoms with Crippen molar-refractivity contribution in [2.24, 2.45) is 0 Å². The van der Waals surface area contributed by atoms with E-state index in [0.29, 0.717) is 0 Å². The molecular weight excluding hydrogens is 232 g/mol. The zero-order valence-corrected chi connectivity index (χ0v) is 11.0. The highest BCUT2D eigenvalue weighted by atomic mass is 32.1. The number of thiophene rings is 1. The lowest BCUT2D eigenvalue weighted by Crippen LogP contribution is -2.33. The normalized spacial score (nSPS) is 23.2. The molecule has 0 N–H and O–H groups in total. The highest BCUT2D eigenvalue weighted by molar-refractivity contribution is 7.11. The highest BCUT2D eigenvalue weighted by Gasteiger charge is 2.39. The summed E-state index contributed by atoms with van der Waals surface area (Å²) >= 11 is 1.83. The molecule has 0 atom stereocenters. The van der Waals surface area contributed by atoms with Gasteiger partial charge in [0.25, 0.3) is 0 Å². The fourth-order valence-electron chi connectivity index (χ4n) is 2.76. The number of rotatable bonds is 1. The van der Waals surface area contributed by atoms with Gasteiger partial charge in [0, 0.05) is 17.7 Å². The first kappa shape index (κ1) is 11.5. The van der Waals surface area contributed by atoms with Crippen LogP contribution in [0.15, 0.2) is 23.1 Å². The molecule has 0 amide bonds. The van der Waals surface area contributed by atoms with Crippen molar-refractivity contribution < 1.29 is 9.47 Å². The molecule has 1 saturated heterocycles. The first-order valence-electron chi connectivity index (χ1n) is 6.29. The van der Waals surface area contributed by atoms with Crippen molar-refractivity contribution in [3.63, 3.8) is 0 Å². The Balaban J connectivity index is 1.74. The molecule has 2 aliphatic rings. The standard InChI is InChI=1S/C14H18O2S/c1-11(13-3-2-10-17-13)12-4-6-14(7-5-12)15-8-9-16-14/h2-3,10H,4-9H2,1H3. The number of hydrogen-bond acceptors (Lipinski definition) is 3. The first-order chi connectivity index (χ1) is 8.29. The summed E-state index contributed by atoms with van der Waals surface area (Å²) in [5.41, 5.74) is 3.05. The zero-order valence-electron chi connectivity index (χ0n) is 10.2. The van der Waals surface area contributed by atoms with Crippen LogP contribution in [0.3, 0.4) is 0 Å². The van der Waals surface area contributed by atoms with Gasteiger partial charge in [-0.05, 0) is 36.8 Å². The zero-order chi connectivity index (χ0) is 11.7. The summed E-state index contributed by atoms with van der Waals surface area (Å²) < 4.78 is 11.5. The van der Waals surface area contributed by atoms with Crippen molar-refractivity contribution in [3.8, 4) is 0 Å². The fraction of sp³-hybridized carbons (Fsp3) is 0.571. The van der Waals surface area contributed by atoms with Crippen molar-refractivity contribution >= 4 is 16.9 Å². The van der Waals surface area contributed by atoms with Gasteiger partial charge >= 0.3 is 0 Å². The third-order valence-corrected chi connectivity index (χ3v) is 4.84. The van der Waals surface area contributed by atoms with Crippen molar-refractivity contribution in [2.75, 3.05) is 13.2 Å².